The third-order valence-corrected chi connectivity index (χ3v) is 3.80. The first-order valence-corrected chi connectivity index (χ1v) is 6.42. The number of hydrogen-bond donors (Lipinski definition) is 1. The Kier molecular flexibility index (Phi) is 3.86. The summed E-state index contributed by atoms with van der Waals surface area (Å²) in [5.41, 5.74) is 8.13. The SMILES string of the molecule is Cn1ccc(CC(N)c2ccc(Br)c(Cl)c2)n1. The van der Waals surface area contributed by atoms with Crippen LogP contribution in [0.2, 0.25) is 5.02 Å². The van der Waals surface area contributed by atoms with E-state index in [0.717, 1.165) is 15.7 Å². The van der Waals surface area contributed by atoms with E-state index in [1.165, 1.54) is 0 Å². The molecular formula is C12H13BrClN3. The molecule has 5 heteroatoms. The Bertz CT molecular complexity index is 524. The lowest BCUT2D eigenvalue weighted by atomic mass is 10.0. The Balaban J connectivity index is 2.14. The maximum Gasteiger partial charge on any atom is 0.0643 e. The molecule has 17 heavy (non-hydrogen) atoms. The minimum absolute atomic E-state index is 0.0875. The summed E-state index contributed by atoms with van der Waals surface area (Å²) in [5.74, 6) is 0. The van der Waals surface area contributed by atoms with Crippen LogP contribution in [0.5, 0.6) is 0 Å². The zero-order valence-corrected chi connectivity index (χ0v) is 11.7. The van der Waals surface area contributed by atoms with Crippen molar-refractivity contribution < 1.29 is 0 Å². The highest BCUT2D eigenvalue weighted by molar-refractivity contribution is 9.10. The number of benzene rings is 1. The van der Waals surface area contributed by atoms with E-state index in [9.17, 15) is 0 Å². The van der Waals surface area contributed by atoms with Crippen LogP contribution in [-0.4, -0.2) is 9.78 Å². The molecule has 1 unspecified atom stereocenters. The molecule has 0 radical (unpaired) electrons. The van der Waals surface area contributed by atoms with Crippen LogP contribution in [0.1, 0.15) is 17.3 Å². The standard InChI is InChI=1S/C12H13BrClN3/c1-17-5-4-9(16-17)7-12(15)8-2-3-10(13)11(14)6-8/h2-6,12H,7,15H2,1H3. The van der Waals surface area contributed by atoms with Crippen molar-refractivity contribution in [1.82, 2.24) is 9.78 Å². The van der Waals surface area contributed by atoms with Crippen LogP contribution < -0.4 is 5.73 Å². The quantitative estimate of drug-likeness (QED) is 0.946. The van der Waals surface area contributed by atoms with E-state index in [0.29, 0.717) is 11.4 Å². The molecule has 2 N–H and O–H groups in total. The third-order valence-electron chi connectivity index (χ3n) is 2.57. The first kappa shape index (κ1) is 12.6. The fourth-order valence-electron chi connectivity index (χ4n) is 1.66. The van der Waals surface area contributed by atoms with Crippen molar-refractivity contribution in [3.05, 3.63) is 51.2 Å². The monoisotopic (exact) mass is 313 g/mol. The number of aryl methyl sites for hydroxylation is 1. The molecule has 0 saturated carbocycles. The predicted molar refractivity (Wildman–Crippen MR) is 73.0 cm³/mol. The summed E-state index contributed by atoms with van der Waals surface area (Å²) < 4.78 is 2.66. The largest absolute Gasteiger partial charge is 0.324 e. The Morgan fingerprint density at radius 3 is 2.82 bits per heavy atom. The second kappa shape index (κ2) is 5.21. The molecule has 1 atom stereocenters. The van der Waals surface area contributed by atoms with Gasteiger partial charge in [-0.1, -0.05) is 17.7 Å². The minimum atomic E-state index is -0.0875. The molecule has 0 bridgehead atoms. The summed E-state index contributed by atoms with van der Waals surface area (Å²) in [7, 11) is 1.89. The zero-order valence-electron chi connectivity index (χ0n) is 9.40. The average molecular weight is 315 g/mol. The molecule has 2 aromatic rings. The molecule has 90 valence electrons. The van der Waals surface area contributed by atoms with Gasteiger partial charge in [-0.3, -0.25) is 4.68 Å². The highest BCUT2D eigenvalue weighted by Gasteiger charge is 2.10. The van der Waals surface area contributed by atoms with Crippen molar-refractivity contribution in [3.8, 4) is 0 Å². The summed E-state index contributed by atoms with van der Waals surface area (Å²) in [4.78, 5) is 0. The highest BCUT2D eigenvalue weighted by Crippen LogP contribution is 2.26. The van der Waals surface area contributed by atoms with Gasteiger partial charge in [0.2, 0.25) is 0 Å². The fourth-order valence-corrected chi connectivity index (χ4v) is 2.09. The lowest BCUT2D eigenvalue weighted by Crippen LogP contribution is -2.13. The van der Waals surface area contributed by atoms with Crippen molar-refractivity contribution in [2.75, 3.05) is 0 Å². The Hall–Kier alpha value is -0.840. The third kappa shape index (κ3) is 3.09. The Labute approximate surface area is 114 Å². The number of nitrogens with two attached hydrogens (primary N) is 1. The smallest absolute Gasteiger partial charge is 0.0643 e. The highest BCUT2D eigenvalue weighted by atomic mass is 79.9. The van der Waals surface area contributed by atoms with Crippen LogP contribution in [0.25, 0.3) is 0 Å². The Morgan fingerprint density at radius 2 is 2.24 bits per heavy atom. The van der Waals surface area contributed by atoms with Crippen LogP contribution in [-0.2, 0) is 13.5 Å². The number of hydrogen-bond acceptors (Lipinski definition) is 2. The van der Waals surface area contributed by atoms with Gasteiger partial charge in [0.15, 0.2) is 0 Å². The van der Waals surface area contributed by atoms with Gasteiger partial charge in [0.05, 0.1) is 10.7 Å². The normalized spacial score (nSPS) is 12.7. The molecule has 1 aromatic carbocycles. The maximum atomic E-state index is 6.13. The summed E-state index contributed by atoms with van der Waals surface area (Å²) >= 11 is 9.40. The van der Waals surface area contributed by atoms with Gasteiger partial charge in [0.1, 0.15) is 0 Å². The van der Waals surface area contributed by atoms with Crippen LogP contribution in [0.3, 0.4) is 0 Å². The number of nitrogens with zero attached hydrogens (tertiary/aromatic N) is 2. The topological polar surface area (TPSA) is 43.8 Å². The van der Waals surface area contributed by atoms with Crippen molar-refractivity contribution in [2.24, 2.45) is 12.8 Å². The predicted octanol–water partition coefficient (Wildman–Crippen LogP) is 3.08. The number of halogens is 2. The molecule has 0 fully saturated rings. The van der Waals surface area contributed by atoms with Gasteiger partial charge in [-0.25, -0.2) is 0 Å². The van der Waals surface area contributed by atoms with Crippen molar-refractivity contribution in [1.29, 1.82) is 0 Å². The molecule has 0 aliphatic carbocycles. The van der Waals surface area contributed by atoms with Crippen LogP contribution in [0, 0.1) is 0 Å². The van der Waals surface area contributed by atoms with Gasteiger partial charge in [-0.05, 0) is 39.7 Å². The fraction of sp³-hybridized carbons (Fsp3) is 0.250. The van der Waals surface area contributed by atoms with Gasteiger partial charge < -0.3 is 5.73 Å². The van der Waals surface area contributed by atoms with Crippen LogP contribution in [0.15, 0.2) is 34.9 Å². The van der Waals surface area contributed by atoms with E-state index < -0.39 is 0 Å². The van der Waals surface area contributed by atoms with Crippen LogP contribution >= 0.6 is 27.5 Å². The van der Waals surface area contributed by atoms with Gasteiger partial charge in [0.25, 0.3) is 0 Å². The second-order valence-corrected chi connectivity index (χ2v) is 5.23. The molecule has 0 spiro atoms. The Morgan fingerprint density at radius 1 is 1.47 bits per heavy atom. The number of aromatic nitrogens is 2. The first-order chi connectivity index (χ1) is 8.06. The maximum absolute atomic E-state index is 6.13. The molecular weight excluding hydrogens is 302 g/mol. The minimum Gasteiger partial charge on any atom is -0.324 e. The molecule has 2 rings (SSSR count). The number of rotatable bonds is 3. The van der Waals surface area contributed by atoms with Gasteiger partial charge >= 0.3 is 0 Å². The average Bonchev–Trinajstić information content (AvgIpc) is 2.68. The van der Waals surface area contributed by atoms with E-state index in [-0.39, 0.29) is 6.04 Å². The molecule has 1 aromatic heterocycles. The van der Waals surface area contributed by atoms with Gasteiger partial charge in [-0.2, -0.15) is 5.10 Å². The summed E-state index contributed by atoms with van der Waals surface area (Å²) in [6, 6.07) is 7.66. The van der Waals surface area contributed by atoms with Crippen molar-refractivity contribution in [2.45, 2.75) is 12.5 Å². The first-order valence-electron chi connectivity index (χ1n) is 5.25. The zero-order chi connectivity index (χ0) is 12.4. The summed E-state index contributed by atoms with van der Waals surface area (Å²) in [6.07, 6.45) is 2.62. The van der Waals surface area contributed by atoms with E-state index in [1.807, 2.05) is 37.5 Å². The summed E-state index contributed by atoms with van der Waals surface area (Å²) in [5, 5.41) is 4.99. The van der Waals surface area contributed by atoms with E-state index in [1.54, 1.807) is 4.68 Å². The molecule has 3 nitrogen and oxygen atoms in total. The van der Waals surface area contributed by atoms with E-state index in [4.69, 9.17) is 17.3 Å². The van der Waals surface area contributed by atoms with Gasteiger partial charge in [-0.15, -0.1) is 0 Å². The molecule has 0 aliphatic heterocycles. The van der Waals surface area contributed by atoms with E-state index >= 15 is 0 Å². The van der Waals surface area contributed by atoms with Gasteiger partial charge in [0, 0.05) is 30.2 Å². The van der Waals surface area contributed by atoms with E-state index in [2.05, 4.69) is 21.0 Å². The second-order valence-electron chi connectivity index (χ2n) is 3.96. The van der Waals surface area contributed by atoms with Crippen molar-refractivity contribution in [3.63, 3.8) is 0 Å². The molecule has 0 aliphatic rings. The summed E-state index contributed by atoms with van der Waals surface area (Å²) in [6.45, 7) is 0. The van der Waals surface area contributed by atoms with Crippen LogP contribution in [0.4, 0.5) is 0 Å². The molecule has 1 heterocycles. The molecule has 0 saturated heterocycles. The van der Waals surface area contributed by atoms with Crippen molar-refractivity contribution >= 4 is 27.5 Å². The lowest BCUT2D eigenvalue weighted by molar-refractivity contribution is 0.675. The molecule has 0 amide bonds. The lowest BCUT2D eigenvalue weighted by Gasteiger charge is -2.11.